The van der Waals surface area contributed by atoms with E-state index >= 15 is 0 Å². The zero-order valence-electron chi connectivity index (χ0n) is 23.2. The van der Waals surface area contributed by atoms with E-state index in [-0.39, 0.29) is 0 Å². The first-order valence-corrected chi connectivity index (χ1v) is 16.7. The molecule has 206 valence electrons. The SMILES string of the molecule is Cc1ccc2c(c1)Sc1ccccc1N2c1ccc2c(c1)Sc1cc(N3c4ccccc4Sc4ccccc43)ccc1N2. The maximum atomic E-state index is 3.72. The highest BCUT2D eigenvalue weighted by Crippen LogP contribution is 2.55. The summed E-state index contributed by atoms with van der Waals surface area (Å²) in [7, 11) is 0. The van der Waals surface area contributed by atoms with Gasteiger partial charge in [-0.05, 0) is 97.4 Å². The fourth-order valence-corrected chi connectivity index (χ4v) is 9.33. The molecule has 0 aliphatic carbocycles. The molecule has 9 rings (SSSR count). The molecule has 6 aromatic carbocycles. The third kappa shape index (κ3) is 4.16. The molecule has 0 saturated carbocycles. The third-order valence-corrected chi connectivity index (χ3v) is 11.4. The molecule has 0 fully saturated rings. The number of anilines is 8. The van der Waals surface area contributed by atoms with Crippen molar-refractivity contribution < 1.29 is 0 Å². The van der Waals surface area contributed by atoms with Crippen LogP contribution in [0.4, 0.5) is 45.5 Å². The van der Waals surface area contributed by atoms with Gasteiger partial charge in [0.2, 0.25) is 0 Å². The molecule has 3 nitrogen and oxygen atoms in total. The molecule has 1 N–H and O–H groups in total. The summed E-state index contributed by atoms with van der Waals surface area (Å²) < 4.78 is 0. The van der Waals surface area contributed by atoms with Gasteiger partial charge in [-0.25, -0.2) is 0 Å². The Hall–Kier alpha value is -4.23. The zero-order chi connectivity index (χ0) is 28.5. The minimum absolute atomic E-state index is 1.14. The summed E-state index contributed by atoms with van der Waals surface area (Å²) in [6.07, 6.45) is 0. The van der Waals surface area contributed by atoms with Gasteiger partial charge < -0.3 is 15.1 Å². The van der Waals surface area contributed by atoms with Crippen LogP contribution in [0, 0.1) is 6.92 Å². The second-order valence-corrected chi connectivity index (χ2v) is 14.1. The second-order valence-electron chi connectivity index (χ2n) is 10.8. The lowest BCUT2D eigenvalue weighted by molar-refractivity contribution is 1.14. The Bertz CT molecular complexity index is 2040. The molecule has 6 aromatic rings. The molecule has 0 radical (unpaired) electrons. The molecule has 0 bridgehead atoms. The van der Waals surface area contributed by atoms with Gasteiger partial charge in [-0.2, -0.15) is 0 Å². The van der Waals surface area contributed by atoms with E-state index in [0.717, 1.165) is 11.4 Å². The standard InChI is InChI=1S/C37H25N3S3/c1-23-14-19-31-37(20-23)42-34-13-7-4-10-30(34)40(31)25-16-18-27-36(22-25)43-35-21-24(15-17-26(35)38-27)39-28-8-2-5-11-32(28)41-33-12-6-3-9-29(33)39/h2-22,38H,1H3. The molecule has 43 heavy (non-hydrogen) atoms. The van der Waals surface area contributed by atoms with Crippen LogP contribution in [-0.2, 0) is 0 Å². The van der Waals surface area contributed by atoms with Crippen LogP contribution in [0.25, 0.3) is 0 Å². The van der Waals surface area contributed by atoms with E-state index in [1.54, 1.807) is 0 Å². The lowest BCUT2D eigenvalue weighted by Crippen LogP contribution is -2.15. The monoisotopic (exact) mass is 607 g/mol. The summed E-state index contributed by atoms with van der Waals surface area (Å²) >= 11 is 5.54. The Morgan fingerprint density at radius 2 is 0.860 bits per heavy atom. The van der Waals surface area contributed by atoms with Crippen molar-refractivity contribution in [3.8, 4) is 0 Å². The van der Waals surface area contributed by atoms with Crippen LogP contribution in [0.15, 0.2) is 157 Å². The van der Waals surface area contributed by atoms with Gasteiger partial charge in [0.05, 0.1) is 34.1 Å². The Morgan fingerprint density at radius 3 is 1.40 bits per heavy atom. The van der Waals surface area contributed by atoms with Crippen molar-refractivity contribution in [2.24, 2.45) is 0 Å². The van der Waals surface area contributed by atoms with Crippen molar-refractivity contribution >= 4 is 80.8 Å². The van der Waals surface area contributed by atoms with Crippen LogP contribution >= 0.6 is 35.3 Å². The number of benzene rings is 6. The van der Waals surface area contributed by atoms with E-state index in [0.29, 0.717) is 0 Å². The van der Waals surface area contributed by atoms with Crippen molar-refractivity contribution in [3.63, 3.8) is 0 Å². The van der Waals surface area contributed by atoms with Gasteiger partial charge in [-0.1, -0.05) is 77.8 Å². The lowest BCUT2D eigenvalue weighted by Gasteiger charge is -2.34. The molecular formula is C37H25N3S3. The van der Waals surface area contributed by atoms with Crippen molar-refractivity contribution in [2.75, 3.05) is 15.1 Å². The molecule has 3 aliphatic heterocycles. The smallest absolute Gasteiger partial charge is 0.0601 e. The number of fused-ring (bicyclic) bond motifs is 6. The number of rotatable bonds is 2. The van der Waals surface area contributed by atoms with Gasteiger partial charge in [0.25, 0.3) is 0 Å². The Balaban J connectivity index is 1.12. The number of hydrogen-bond donors (Lipinski definition) is 1. The summed E-state index contributed by atoms with van der Waals surface area (Å²) in [5.41, 5.74) is 10.8. The molecular weight excluding hydrogens is 583 g/mol. The van der Waals surface area contributed by atoms with Gasteiger partial charge in [-0.3, -0.25) is 0 Å². The van der Waals surface area contributed by atoms with Gasteiger partial charge in [0.1, 0.15) is 0 Å². The van der Waals surface area contributed by atoms with Crippen molar-refractivity contribution in [2.45, 2.75) is 36.3 Å². The maximum absolute atomic E-state index is 3.72. The Kier molecular flexibility index (Phi) is 5.83. The highest BCUT2D eigenvalue weighted by atomic mass is 32.2. The number of nitrogens with zero attached hydrogens (tertiary/aromatic N) is 2. The van der Waals surface area contributed by atoms with Gasteiger partial charge in [-0.15, -0.1) is 0 Å². The van der Waals surface area contributed by atoms with E-state index < -0.39 is 0 Å². The molecule has 0 amide bonds. The molecule has 6 heteroatoms. The largest absolute Gasteiger partial charge is 0.354 e. The number of nitrogens with one attached hydrogen (secondary N) is 1. The third-order valence-electron chi connectivity index (χ3n) is 8.05. The summed E-state index contributed by atoms with van der Waals surface area (Å²) in [5, 5.41) is 3.72. The van der Waals surface area contributed by atoms with E-state index in [1.807, 2.05) is 35.3 Å². The van der Waals surface area contributed by atoms with E-state index in [1.165, 1.54) is 69.1 Å². The molecule has 0 aromatic heterocycles. The Labute approximate surface area is 264 Å². The normalized spacial score (nSPS) is 14.0. The molecule has 3 aliphatic rings. The van der Waals surface area contributed by atoms with Gasteiger partial charge in [0, 0.05) is 40.7 Å². The molecule has 0 atom stereocenters. The lowest BCUT2D eigenvalue weighted by atomic mass is 10.1. The first-order valence-electron chi connectivity index (χ1n) is 14.3. The predicted molar refractivity (Wildman–Crippen MR) is 183 cm³/mol. The zero-order valence-corrected chi connectivity index (χ0v) is 25.7. The van der Waals surface area contributed by atoms with Gasteiger partial charge in [0.15, 0.2) is 0 Å². The van der Waals surface area contributed by atoms with Crippen LogP contribution in [0.1, 0.15) is 5.56 Å². The van der Waals surface area contributed by atoms with Crippen LogP contribution in [-0.4, -0.2) is 0 Å². The van der Waals surface area contributed by atoms with Crippen LogP contribution in [0.2, 0.25) is 0 Å². The Morgan fingerprint density at radius 1 is 0.419 bits per heavy atom. The van der Waals surface area contributed by atoms with Crippen molar-refractivity contribution in [3.05, 3.63) is 133 Å². The van der Waals surface area contributed by atoms with E-state index in [4.69, 9.17) is 0 Å². The minimum Gasteiger partial charge on any atom is -0.354 e. The fourth-order valence-electron chi connectivity index (χ4n) is 6.06. The fraction of sp³-hybridized carbons (Fsp3) is 0.0270. The highest BCUT2D eigenvalue weighted by molar-refractivity contribution is 8.00. The van der Waals surface area contributed by atoms with Crippen LogP contribution in [0.5, 0.6) is 0 Å². The van der Waals surface area contributed by atoms with E-state index in [2.05, 4.69) is 149 Å². The number of para-hydroxylation sites is 3. The van der Waals surface area contributed by atoms with Gasteiger partial charge >= 0.3 is 0 Å². The number of hydrogen-bond acceptors (Lipinski definition) is 6. The van der Waals surface area contributed by atoms with Crippen LogP contribution in [0.3, 0.4) is 0 Å². The molecule has 0 spiro atoms. The first-order chi connectivity index (χ1) is 21.2. The average Bonchev–Trinajstić information content (AvgIpc) is 3.04. The quantitative estimate of drug-likeness (QED) is 0.209. The average molecular weight is 608 g/mol. The summed E-state index contributed by atoms with van der Waals surface area (Å²) in [6.45, 7) is 2.17. The van der Waals surface area contributed by atoms with Crippen molar-refractivity contribution in [1.82, 2.24) is 0 Å². The summed E-state index contributed by atoms with van der Waals surface area (Å²) in [4.78, 5) is 12.4. The summed E-state index contributed by atoms with van der Waals surface area (Å²) in [5.74, 6) is 0. The molecule has 0 saturated heterocycles. The predicted octanol–water partition coefficient (Wildman–Crippen LogP) is 12.1. The first kappa shape index (κ1) is 25.3. The maximum Gasteiger partial charge on any atom is 0.0601 e. The minimum atomic E-state index is 1.14. The van der Waals surface area contributed by atoms with Crippen LogP contribution < -0.4 is 15.1 Å². The topological polar surface area (TPSA) is 18.5 Å². The second kappa shape index (κ2) is 9.91. The highest BCUT2D eigenvalue weighted by Gasteiger charge is 2.28. The van der Waals surface area contributed by atoms with E-state index in [9.17, 15) is 0 Å². The number of aryl methyl sites for hydroxylation is 1. The molecule has 3 heterocycles. The van der Waals surface area contributed by atoms with Crippen molar-refractivity contribution in [1.29, 1.82) is 0 Å². The summed E-state index contributed by atoms with van der Waals surface area (Å²) in [6, 6.07) is 46.4. The molecule has 0 unspecified atom stereocenters.